The van der Waals surface area contributed by atoms with Crippen molar-refractivity contribution in [2.45, 2.75) is 17.9 Å². The second-order valence-electron chi connectivity index (χ2n) is 3.89. The minimum atomic E-state index is -1.24. The largest absolute Gasteiger partial charge is 0.480 e. The van der Waals surface area contributed by atoms with Gasteiger partial charge in [-0.25, -0.2) is 4.79 Å². The van der Waals surface area contributed by atoms with Crippen LogP contribution in [0.2, 0.25) is 10.0 Å². The van der Waals surface area contributed by atoms with Crippen LogP contribution in [0.25, 0.3) is 0 Å². The highest BCUT2D eigenvalue weighted by Gasteiger charge is 2.22. The summed E-state index contributed by atoms with van der Waals surface area (Å²) in [5.41, 5.74) is -0.277. The SMILES string of the molecule is CC(=O)N[C@@H](CSc1cc(Cl)c(Cl)cc1[N+](=O)[O-])C(=O)O. The van der Waals surface area contributed by atoms with Crippen molar-refractivity contribution in [3.63, 3.8) is 0 Å². The lowest BCUT2D eigenvalue weighted by atomic mass is 10.3. The van der Waals surface area contributed by atoms with Gasteiger partial charge in [0.05, 0.1) is 19.9 Å². The van der Waals surface area contributed by atoms with E-state index in [1.165, 1.54) is 13.0 Å². The molecule has 0 fully saturated rings. The van der Waals surface area contributed by atoms with Gasteiger partial charge in [0.1, 0.15) is 6.04 Å². The molecule has 114 valence electrons. The maximum Gasteiger partial charge on any atom is 0.327 e. The molecule has 0 aliphatic rings. The molecule has 1 amide bonds. The lowest BCUT2D eigenvalue weighted by molar-refractivity contribution is -0.387. The molecule has 1 rings (SSSR count). The van der Waals surface area contributed by atoms with Crippen LogP contribution in [0.1, 0.15) is 6.92 Å². The van der Waals surface area contributed by atoms with E-state index in [4.69, 9.17) is 28.3 Å². The van der Waals surface area contributed by atoms with Gasteiger partial charge in [0, 0.05) is 18.7 Å². The predicted molar refractivity (Wildman–Crippen MR) is 79.1 cm³/mol. The Morgan fingerprint density at radius 1 is 1.43 bits per heavy atom. The van der Waals surface area contributed by atoms with Gasteiger partial charge in [0.15, 0.2) is 0 Å². The Morgan fingerprint density at radius 3 is 2.48 bits per heavy atom. The van der Waals surface area contributed by atoms with E-state index < -0.39 is 22.8 Å². The summed E-state index contributed by atoms with van der Waals surface area (Å²) in [7, 11) is 0. The molecule has 0 radical (unpaired) electrons. The van der Waals surface area contributed by atoms with Crippen molar-refractivity contribution >= 4 is 52.5 Å². The fourth-order valence-corrected chi connectivity index (χ4v) is 2.81. The number of carboxylic acid groups (broad SMARTS) is 1. The average molecular weight is 353 g/mol. The third kappa shape index (κ3) is 5.07. The van der Waals surface area contributed by atoms with Gasteiger partial charge in [-0.05, 0) is 6.07 Å². The lowest BCUT2D eigenvalue weighted by Crippen LogP contribution is -2.41. The van der Waals surface area contributed by atoms with Gasteiger partial charge in [-0.15, -0.1) is 11.8 Å². The van der Waals surface area contributed by atoms with E-state index in [-0.39, 0.29) is 26.4 Å². The van der Waals surface area contributed by atoms with Crippen molar-refractivity contribution in [3.8, 4) is 0 Å². The van der Waals surface area contributed by atoms with Gasteiger partial charge in [-0.3, -0.25) is 14.9 Å². The molecule has 10 heteroatoms. The molecule has 0 bridgehead atoms. The number of benzene rings is 1. The number of nitro groups is 1. The fraction of sp³-hybridized carbons (Fsp3) is 0.273. The zero-order valence-electron chi connectivity index (χ0n) is 10.6. The number of hydrogen-bond acceptors (Lipinski definition) is 5. The molecule has 1 atom stereocenters. The first kappa shape index (κ1) is 17.5. The lowest BCUT2D eigenvalue weighted by Gasteiger charge is -2.13. The van der Waals surface area contributed by atoms with Crippen LogP contribution in [-0.4, -0.2) is 33.7 Å². The van der Waals surface area contributed by atoms with Crippen LogP contribution in [0.4, 0.5) is 5.69 Å². The number of nitrogens with zero attached hydrogens (tertiary/aromatic N) is 1. The number of hydrogen-bond donors (Lipinski definition) is 2. The molecule has 0 saturated carbocycles. The number of halogens is 2. The molecule has 1 aromatic carbocycles. The quantitative estimate of drug-likeness (QED) is 0.462. The van der Waals surface area contributed by atoms with E-state index in [0.29, 0.717) is 0 Å². The minimum absolute atomic E-state index is 0.0318. The Balaban J connectivity index is 2.96. The fourth-order valence-electron chi connectivity index (χ4n) is 1.37. The highest BCUT2D eigenvalue weighted by molar-refractivity contribution is 7.99. The number of rotatable bonds is 6. The van der Waals surface area contributed by atoms with Crippen LogP contribution in [0.15, 0.2) is 17.0 Å². The van der Waals surface area contributed by atoms with E-state index in [9.17, 15) is 19.7 Å². The summed E-state index contributed by atoms with van der Waals surface area (Å²) in [6, 6.07) is 1.22. The van der Waals surface area contributed by atoms with E-state index in [1.807, 2.05) is 0 Å². The Hall–Kier alpha value is -1.51. The Bertz CT molecular complexity index is 596. The van der Waals surface area contributed by atoms with Gasteiger partial charge in [0.25, 0.3) is 5.69 Å². The number of aliphatic carboxylic acids is 1. The molecule has 2 N–H and O–H groups in total. The molecule has 21 heavy (non-hydrogen) atoms. The zero-order chi connectivity index (χ0) is 16.2. The molecule has 0 saturated heterocycles. The van der Waals surface area contributed by atoms with Crippen molar-refractivity contribution in [2.24, 2.45) is 0 Å². The van der Waals surface area contributed by atoms with E-state index in [1.54, 1.807) is 0 Å². The Labute approximate surface area is 133 Å². The molecule has 0 unspecified atom stereocenters. The highest BCUT2D eigenvalue weighted by Crippen LogP contribution is 2.36. The van der Waals surface area contributed by atoms with Crippen LogP contribution >= 0.6 is 35.0 Å². The standard InChI is InChI=1S/C11H10Cl2N2O5S/c1-5(16)14-8(11(17)18)4-21-10-3-7(13)6(12)2-9(10)15(19)20/h2-3,8H,4H2,1H3,(H,14,16)(H,17,18)/t8-/m0/s1. The van der Waals surface area contributed by atoms with Crippen LogP contribution in [-0.2, 0) is 9.59 Å². The maximum absolute atomic E-state index is 11.0. The Kier molecular flexibility index (Phi) is 6.25. The molecule has 0 aromatic heterocycles. The molecular formula is C11H10Cl2N2O5S. The summed E-state index contributed by atoms with van der Waals surface area (Å²) >= 11 is 12.4. The summed E-state index contributed by atoms with van der Waals surface area (Å²) in [6.07, 6.45) is 0. The van der Waals surface area contributed by atoms with Gasteiger partial charge in [-0.2, -0.15) is 0 Å². The molecule has 0 spiro atoms. The van der Waals surface area contributed by atoms with Gasteiger partial charge in [0.2, 0.25) is 5.91 Å². The summed E-state index contributed by atoms with van der Waals surface area (Å²) < 4.78 is 0. The normalized spacial score (nSPS) is 11.8. The van der Waals surface area contributed by atoms with E-state index in [0.717, 1.165) is 17.8 Å². The first-order valence-corrected chi connectivity index (χ1v) is 7.22. The molecule has 7 nitrogen and oxygen atoms in total. The van der Waals surface area contributed by atoms with Crippen molar-refractivity contribution in [1.82, 2.24) is 5.32 Å². The third-order valence-electron chi connectivity index (χ3n) is 2.28. The van der Waals surface area contributed by atoms with Gasteiger partial charge >= 0.3 is 5.97 Å². The number of amides is 1. The topological polar surface area (TPSA) is 110 Å². The monoisotopic (exact) mass is 352 g/mol. The molecule has 0 aliphatic carbocycles. The number of nitrogens with one attached hydrogen (secondary N) is 1. The number of thioether (sulfide) groups is 1. The van der Waals surface area contributed by atoms with Crippen LogP contribution in [0, 0.1) is 10.1 Å². The Morgan fingerprint density at radius 2 is 2.00 bits per heavy atom. The van der Waals surface area contributed by atoms with Crippen molar-refractivity contribution in [3.05, 3.63) is 32.3 Å². The summed E-state index contributed by atoms with van der Waals surface area (Å²) in [4.78, 5) is 32.4. The highest BCUT2D eigenvalue weighted by atomic mass is 35.5. The van der Waals surface area contributed by atoms with E-state index in [2.05, 4.69) is 5.32 Å². The predicted octanol–water partition coefficient (Wildman–Crippen LogP) is 2.58. The summed E-state index contributed by atoms with van der Waals surface area (Å²) in [5.74, 6) is -1.83. The van der Waals surface area contributed by atoms with Crippen molar-refractivity contribution in [1.29, 1.82) is 0 Å². The summed E-state index contributed by atoms with van der Waals surface area (Å²) in [6.45, 7) is 1.18. The zero-order valence-corrected chi connectivity index (χ0v) is 13.0. The van der Waals surface area contributed by atoms with Crippen molar-refractivity contribution in [2.75, 3.05) is 5.75 Å². The second kappa shape index (κ2) is 7.48. The minimum Gasteiger partial charge on any atom is -0.480 e. The number of carboxylic acids is 1. The van der Waals surface area contributed by atoms with Gasteiger partial charge in [-0.1, -0.05) is 23.2 Å². The van der Waals surface area contributed by atoms with Gasteiger partial charge < -0.3 is 10.4 Å². The van der Waals surface area contributed by atoms with Crippen molar-refractivity contribution < 1.29 is 19.6 Å². The number of carbonyl (C=O) groups is 2. The first-order valence-electron chi connectivity index (χ1n) is 5.48. The second-order valence-corrected chi connectivity index (χ2v) is 5.77. The molecule has 1 aromatic rings. The third-order valence-corrected chi connectivity index (χ3v) is 4.14. The average Bonchev–Trinajstić information content (AvgIpc) is 2.36. The van der Waals surface area contributed by atoms with Crippen LogP contribution in [0.3, 0.4) is 0 Å². The molecular weight excluding hydrogens is 343 g/mol. The summed E-state index contributed by atoms with van der Waals surface area (Å²) in [5, 5.41) is 22.3. The first-order chi connectivity index (χ1) is 9.72. The van der Waals surface area contributed by atoms with E-state index >= 15 is 0 Å². The number of carbonyl (C=O) groups excluding carboxylic acids is 1. The molecule has 0 heterocycles. The maximum atomic E-state index is 11.0. The molecule has 0 aliphatic heterocycles. The number of nitro benzene ring substituents is 1. The van der Waals surface area contributed by atoms with Crippen LogP contribution in [0.5, 0.6) is 0 Å². The smallest absolute Gasteiger partial charge is 0.327 e. The van der Waals surface area contributed by atoms with Crippen LogP contribution < -0.4 is 5.32 Å².